The van der Waals surface area contributed by atoms with Crippen LogP contribution in [0.5, 0.6) is 0 Å². The number of carboxylic acids is 2. The fourth-order valence-corrected chi connectivity index (χ4v) is 4.01. The quantitative estimate of drug-likeness (QED) is 0.769. The Hall–Kier alpha value is -2.65. The van der Waals surface area contributed by atoms with Crippen LogP contribution in [0.25, 0.3) is 0 Å². The van der Waals surface area contributed by atoms with Crippen molar-refractivity contribution in [3.05, 3.63) is 58.9 Å². The molecule has 26 heavy (non-hydrogen) atoms. The highest BCUT2D eigenvalue weighted by Crippen LogP contribution is 2.30. The minimum Gasteiger partial charge on any atom is -0.480 e. The molecule has 0 aliphatic heterocycles. The molecule has 138 valence electrons. The van der Waals surface area contributed by atoms with Crippen LogP contribution in [0.1, 0.15) is 17.3 Å². The number of hydrogen-bond donors (Lipinski definition) is 2. The van der Waals surface area contributed by atoms with Gasteiger partial charge in [0, 0.05) is 0 Å². The summed E-state index contributed by atoms with van der Waals surface area (Å²) in [6.07, 6.45) is 0. The van der Waals surface area contributed by atoms with E-state index in [0.717, 1.165) is 43.3 Å². The zero-order valence-electron chi connectivity index (χ0n) is 13.3. The molecule has 0 aliphatic rings. The first-order chi connectivity index (χ1) is 12.1. The van der Waals surface area contributed by atoms with Gasteiger partial charge in [0.25, 0.3) is 10.0 Å². The lowest BCUT2D eigenvalue weighted by Gasteiger charge is -2.28. The number of aliphatic carboxylic acids is 1. The first-order valence-corrected chi connectivity index (χ1v) is 8.93. The van der Waals surface area contributed by atoms with Crippen molar-refractivity contribution in [2.75, 3.05) is 4.31 Å². The second-order valence-electron chi connectivity index (χ2n) is 5.24. The second-order valence-corrected chi connectivity index (χ2v) is 7.46. The molecule has 7 nitrogen and oxygen atoms in total. The summed E-state index contributed by atoms with van der Waals surface area (Å²) in [4.78, 5) is 22.3. The smallest absolute Gasteiger partial charge is 0.337 e. The summed E-state index contributed by atoms with van der Waals surface area (Å²) in [6.45, 7) is 1.12. The molecule has 1 unspecified atom stereocenters. The van der Waals surface area contributed by atoms with E-state index in [1.165, 1.54) is 6.07 Å². The molecule has 0 radical (unpaired) electrons. The number of rotatable bonds is 6. The highest BCUT2D eigenvalue weighted by atomic mass is 35.5. The average molecular weight is 402 g/mol. The second kappa shape index (κ2) is 7.30. The predicted octanol–water partition coefficient (Wildman–Crippen LogP) is 2.85. The van der Waals surface area contributed by atoms with E-state index in [2.05, 4.69) is 0 Å². The van der Waals surface area contributed by atoms with Crippen LogP contribution in [-0.2, 0) is 14.8 Å². The maximum absolute atomic E-state index is 13.1. The van der Waals surface area contributed by atoms with Gasteiger partial charge in [-0.25, -0.2) is 22.4 Å². The molecule has 2 aromatic carbocycles. The molecule has 10 heteroatoms. The van der Waals surface area contributed by atoms with Gasteiger partial charge in [0.2, 0.25) is 0 Å². The molecular formula is C16H13ClFNO6S. The van der Waals surface area contributed by atoms with E-state index in [9.17, 15) is 27.5 Å². The molecule has 2 N–H and O–H groups in total. The Labute approximate surface area is 153 Å². The van der Waals surface area contributed by atoms with Crippen LogP contribution in [0.2, 0.25) is 5.02 Å². The molecule has 2 rings (SSSR count). The molecule has 0 saturated heterocycles. The zero-order chi connectivity index (χ0) is 19.6. The van der Waals surface area contributed by atoms with Crippen molar-refractivity contribution in [1.82, 2.24) is 0 Å². The van der Waals surface area contributed by atoms with Gasteiger partial charge in [-0.15, -0.1) is 0 Å². The monoisotopic (exact) mass is 401 g/mol. The Morgan fingerprint density at radius 1 is 1.12 bits per heavy atom. The third kappa shape index (κ3) is 3.78. The van der Waals surface area contributed by atoms with E-state index in [1.54, 1.807) is 0 Å². The van der Waals surface area contributed by atoms with Crippen LogP contribution in [0.15, 0.2) is 47.4 Å². The number of anilines is 1. The fourth-order valence-electron chi connectivity index (χ4n) is 2.21. The number of benzene rings is 2. The van der Waals surface area contributed by atoms with E-state index in [1.807, 2.05) is 0 Å². The number of nitrogens with zero attached hydrogens (tertiary/aromatic N) is 1. The summed E-state index contributed by atoms with van der Waals surface area (Å²) in [7, 11) is -4.42. The van der Waals surface area contributed by atoms with Gasteiger partial charge in [-0.05, 0) is 49.4 Å². The number of sulfonamides is 1. The van der Waals surface area contributed by atoms with Crippen molar-refractivity contribution < 1.29 is 32.6 Å². The van der Waals surface area contributed by atoms with Gasteiger partial charge < -0.3 is 10.2 Å². The van der Waals surface area contributed by atoms with Crippen LogP contribution in [-0.4, -0.2) is 36.6 Å². The average Bonchev–Trinajstić information content (AvgIpc) is 2.56. The Bertz CT molecular complexity index is 961. The van der Waals surface area contributed by atoms with E-state index < -0.39 is 33.8 Å². The van der Waals surface area contributed by atoms with E-state index in [0.29, 0.717) is 4.31 Å². The van der Waals surface area contributed by atoms with Gasteiger partial charge in [0.05, 0.1) is 21.2 Å². The molecule has 1 atom stereocenters. The lowest BCUT2D eigenvalue weighted by Crippen LogP contribution is -2.43. The molecule has 0 heterocycles. The van der Waals surface area contributed by atoms with Gasteiger partial charge in [0.1, 0.15) is 11.9 Å². The first-order valence-electron chi connectivity index (χ1n) is 7.11. The largest absolute Gasteiger partial charge is 0.480 e. The third-order valence-electron chi connectivity index (χ3n) is 3.51. The fraction of sp³-hybridized carbons (Fsp3) is 0.125. The molecule has 0 saturated carbocycles. The number of hydrogen-bond acceptors (Lipinski definition) is 4. The van der Waals surface area contributed by atoms with E-state index in [-0.39, 0.29) is 21.2 Å². The molecule has 0 aromatic heterocycles. The van der Waals surface area contributed by atoms with Gasteiger partial charge in [-0.3, -0.25) is 4.31 Å². The standard InChI is InChI=1S/C16H13ClFNO6S/c1-9(15(20)21)19(11-4-7-14(17)13(8-11)16(22)23)26(24,25)12-5-2-10(18)3-6-12/h2-9H,1H3,(H,20,21)(H,22,23). The number of carbonyl (C=O) groups is 2. The molecular weight excluding hydrogens is 389 g/mol. The Balaban J connectivity index is 2.68. The Kier molecular flexibility index (Phi) is 5.53. The minimum absolute atomic E-state index is 0.136. The first kappa shape index (κ1) is 19.7. The van der Waals surface area contributed by atoms with Crippen molar-refractivity contribution in [1.29, 1.82) is 0 Å². The molecule has 0 bridgehead atoms. The molecule has 0 spiro atoms. The highest BCUT2D eigenvalue weighted by molar-refractivity contribution is 7.92. The predicted molar refractivity (Wildman–Crippen MR) is 91.6 cm³/mol. The van der Waals surface area contributed by atoms with Crippen molar-refractivity contribution in [3.63, 3.8) is 0 Å². The minimum atomic E-state index is -4.42. The van der Waals surface area contributed by atoms with E-state index >= 15 is 0 Å². The van der Waals surface area contributed by atoms with Gasteiger partial charge in [0.15, 0.2) is 0 Å². The molecule has 0 fully saturated rings. The summed E-state index contributed by atoms with van der Waals surface area (Å²) >= 11 is 5.78. The van der Waals surface area contributed by atoms with E-state index in [4.69, 9.17) is 16.7 Å². The van der Waals surface area contributed by atoms with Gasteiger partial charge in [-0.2, -0.15) is 0 Å². The normalized spacial score (nSPS) is 12.4. The lowest BCUT2D eigenvalue weighted by molar-refractivity contribution is -0.137. The Morgan fingerprint density at radius 3 is 2.19 bits per heavy atom. The summed E-state index contributed by atoms with van der Waals surface area (Å²) in [5.74, 6) is -3.53. The topological polar surface area (TPSA) is 112 Å². The van der Waals surface area contributed by atoms with Crippen LogP contribution < -0.4 is 4.31 Å². The number of halogens is 2. The summed E-state index contributed by atoms with van der Waals surface area (Å²) in [6, 6.07) is 5.55. The van der Waals surface area contributed by atoms with Crippen LogP contribution in [0.4, 0.5) is 10.1 Å². The number of carboxylic acid groups (broad SMARTS) is 2. The summed E-state index contributed by atoms with van der Waals surface area (Å²) < 4.78 is 39.5. The SMILES string of the molecule is CC(C(=O)O)N(c1ccc(Cl)c(C(=O)O)c1)S(=O)(=O)c1ccc(F)cc1. The molecule has 0 amide bonds. The summed E-state index contributed by atoms with van der Waals surface area (Å²) in [5.41, 5.74) is -0.591. The van der Waals surface area contributed by atoms with Crippen LogP contribution >= 0.6 is 11.6 Å². The molecule has 2 aromatic rings. The van der Waals surface area contributed by atoms with Crippen LogP contribution in [0, 0.1) is 5.82 Å². The Morgan fingerprint density at radius 2 is 1.69 bits per heavy atom. The van der Waals surface area contributed by atoms with Crippen molar-refractivity contribution in [3.8, 4) is 0 Å². The maximum atomic E-state index is 13.1. The zero-order valence-corrected chi connectivity index (χ0v) is 14.8. The van der Waals surface area contributed by atoms with Crippen molar-refractivity contribution >= 4 is 39.3 Å². The third-order valence-corrected chi connectivity index (χ3v) is 5.76. The maximum Gasteiger partial charge on any atom is 0.337 e. The van der Waals surface area contributed by atoms with Crippen molar-refractivity contribution in [2.45, 2.75) is 17.9 Å². The summed E-state index contributed by atoms with van der Waals surface area (Å²) in [5, 5.41) is 18.3. The van der Waals surface area contributed by atoms with Gasteiger partial charge in [-0.1, -0.05) is 11.6 Å². The van der Waals surface area contributed by atoms with Crippen LogP contribution in [0.3, 0.4) is 0 Å². The highest BCUT2D eigenvalue weighted by Gasteiger charge is 2.34. The molecule has 0 aliphatic carbocycles. The number of aromatic carboxylic acids is 1. The van der Waals surface area contributed by atoms with Crippen molar-refractivity contribution in [2.24, 2.45) is 0 Å². The van der Waals surface area contributed by atoms with Gasteiger partial charge >= 0.3 is 11.9 Å². The lowest BCUT2D eigenvalue weighted by atomic mass is 10.2.